The van der Waals surface area contributed by atoms with Gasteiger partial charge in [0.15, 0.2) is 0 Å². The maximum atomic E-state index is 13.4. The van der Waals surface area contributed by atoms with Crippen LogP contribution in [0.2, 0.25) is 0 Å². The summed E-state index contributed by atoms with van der Waals surface area (Å²) in [6.07, 6.45) is 0. The summed E-state index contributed by atoms with van der Waals surface area (Å²) in [4.78, 5) is 0. The normalized spacial score (nSPS) is 12.2. The van der Waals surface area contributed by atoms with E-state index in [0.29, 0.717) is 12.3 Å². The zero-order valence-electron chi connectivity index (χ0n) is 11.8. The molecule has 0 bridgehead atoms. The van der Waals surface area contributed by atoms with Crippen LogP contribution in [0, 0.1) is 5.82 Å². The molecule has 0 aliphatic carbocycles. The maximum Gasteiger partial charge on any atom is 0.123 e. The van der Waals surface area contributed by atoms with Crippen LogP contribution >= 0.6 is 31.9 Å². The third-order valence-electron chi connectivity index (χ3n) is 3.25. The van der Waals surface area contributed by atoms with E-state index >= 15 is 0 Å². The van der Waals surface area contributed by atoms with Crippen LogP contribution in [-0.2, 0) is 6.54 Å². The molecule has 5 heteroatoms. The van der Waals surface area contributed by atoms with Crippen molar-refractivity contribution in [2.75, 3.05) is 7.11 Å². The lowest BCUT2D eigenvalue weighted by Crippen LogP contribution is -2.19. The molecule has 0 saturated carbocycles. The molecular formula is C16H16Br2FNO. The van der Waals surface area contributed by atoms with Crippen LogP contribution in [-0.4, -0.2) is 7.11 Å². The highest BCUT2D eigenvalue weighted by Crippen LogP contribution is 2.27. The van der Waals surface area contributed by atoms with Gasteiger partial charge in [-0.2, -0.15) is 0 Å². The summed E-state index contributed by atoms with van der Waals surface area (Å²) in [5.74, 6) is 0.430. The van der Waals surface area contributed by atoms with Crippen molar-refractivity contribution in [1.29, 1.82) is 0 Å². The highest BCUT2D eigenvalue weighted by atomic mass is 79.9. The SMILES string of the molecule is COc1ccc(F)cc1C(C)NCc1ccc(Br)c(Br)c1. The van der Waals surface area contributed by atoms with Gasteiger partial charge < -0.3 is 10.1 Å². The second-order valence-corrected chi connectivity index (χ2v) is 6.45. The first-order valence-electron chi connectivity index (χ1n) is 6.52. The summed E-state index contributed by atoms with van der Waals surface area (Å²) in [6.45, 7) is 2.68. The number of benzene rings is 2. The molecule has 2 aromatic carbocycles. The van der Waals surface area contributed by atoms with Gasteiger partial charge in [0.2, 0.25) is 0 Å². The molecule has 0 saturated heterocycles. The number of methoxy groups -OCH3 is 1. The third-order valence-corrected chi connectivity index (χ3v) is 5.13. The van der Waals surface area contributed by atoms with Gasteiger partial charge in [-0.3, -0.25) is 0 Å². The molecule has 1 N–H and O–H groups in total. The van der Waals surface area contributed by atoms with E-state index in [9.17, 15) is 4.39 Å². The van der Waals surface area contributed by atoms with Crippen molar-refractivity contribution in [1.82, 2.24) is 5.32 Å². The summed E-state index contributed by atoms with van der Waals surface area (Å²) in [5, 5.41) is 3.38. The topological polar surface area (TPSA) is 21.3 Å². The lowest BCUT2D eigenvalue weighted by Gasteiger charge is -2.17. The Morgan fingerprint density at radius 1 is 1.14 bits per heavy atom. The summed E-state index contributed by atoms with van der Waals surface area (Å²) in [5.41, 5.74) is 1.96. The number of nitrogens with one attached hydrogen (secondary N) is 1. The molecule has 1 unspecified atom stereocenters. The molecule has 0 amide bonds. The Hall–Kier alpha value is -0.910. The fourth-order valence-corrected chi connectivity index (χ4v) is 2.75. The van der Waals surface area contributed by atoms with Crippen molar-refractivity contribution in [2.45, 2.75) is 19.5 Å². The molecule has 112 valence electrons. The molecule has 0 fully saturated rings. The van der Waals surface area contributed by atoms with Crippen molar-refractivity contribution in [3.63, 3.8) is 0 Å². The lowest BCUT2D eigenvalue weighted by molar-refractivity contribution is 0.399. The zero-order chi connectivity index (χ0) is 15.4. The van der Waals surface area contributed by atoms with E-state index in [0.717, 1.165) is 20.1 Å². The maximum absolute atomic E-state index is 13.4. The van der Waals surface area contributed by atoms with Gasteiger partial charge in [0.25, 0.3) is 0 Å². The Morgan fingerprint density at radius 3 is 2.57 bits per heavy atom. The quantitative estimate of drug-likeness (QED) is 0.722. The second-order valence-electron chi connectivity index (χ2n) is 4.74. The number of rotatable bonds is 5. The molecule has 1 atom stereocenters. The van der Waals surface area contributed by atoms with Gasteiger partial charge in [-0.1, -0.05) is 6.07 Å². The Balaban J connectivity index is 2.09. The summed E-state index contributed by atoms with van der Waals surface area (Å²) in [7, 11) is 1.59. The number of ether oxygens (including phenoxy) is 1. The molecule has 0 spiro atoms. The van der Waals surface area contributed by atoms with Crippen molar-refractivity contribution < 1.29 is 9.13 Å². The molecule has 0 radical (unpaired) electrons. The Morgan fingerprint density at radius 2 is 1.90 bits per heavy atom. The molecule has 0 heterocycles. The monoisotopic (exact) mass is 415 g/mol. The minimum absolute atomic E-state index is 0.0157. The predicted octanol–water partition coefficient (Wildman–Crippen LogP) is 5.21. The minimum Gasteiger partial charge on any atom is -0.496 e. The molecule has 2 aromatic rings. The minimum atomic E-state index is -0.258. The fourth-order valence-electron chi connectivity index (χ4n) is 2.07. The van der Waals surface area contributed by atoms with Crippen molar-refractivity contribution >= 4 is 31.9 Å². The van der Waals surface area contributed by atoms with Gasteiger partial charge in [0, 0.05) is 27.1 Å². The van der Waals surface area contributed by atoms with Crippen molar-refractivity contribution in [3.05, 3.63) is 62.3 Å². The van der Waals surface area contributed by atoms with Crippen molar-refractivity contribution in [3.8, 4) is 5.75 Å². The third kappa shape index (κ3) is 4.28. The second kappa shape index (κ2) is 7.38. The summed E-state index contributed by atoms with van der Waals surface area (Å²) in [6, 6.07) is 10.6. The van der Waals surface area contributed by atoms with E-state index < -0.39 is 0 Å². The standard InChI is InChI=1S/C16H16Br2FNO/c1-10(13-8-12(19)4-6-16(13)21-2)20-9-11-3-5-14(17)15(18)7-11/h3-8,10,20H,9H2,1-2H3. The number of hydrogen-bond acceptors (Lipinski definition) is 2. The lowest BCUT2D eigenvalue weighted by atomic mass is 10.1. The van der Waals surface area contributed by atoms with E-state index in [-0.39, 0.29) is 11.9 Å². The largest absolute Gasteiger partial charge is 0.496 e. The highest BCUT2D eigenvalue weighted by Gasteiger charge is 2.12. The molecule has 2 nitrogen and oxygen atoms in total. The van der Waals surface area contributed by atoms with E-state index in [1.807, 2.05) is 25.1 Å². The van der Waals surface area contributed by atoms with Crippen LogP contribution in [0.15, 0.2) is 45.3 Å². The van der Waals surface area contributed by atoms with Gasteiger partial charge in [-0.15, -0.1) is 0 Å². The van der Waals surface area contributed by atoms with Gasteiger partial charge in [0.1, 0.15) is 11.6 Å². The van der Waals surface area contributed by atoms with E-state index in [1.165, 1.54) is 12.1 Å². The average molecular weight is 417 g/mol. The van der Waals surface area contributed by atoms with E-state index in [2.05, 4.69) is 37.2 Å². The van der Waals surface area contributed by atoms with Crippen LogP contribution in [0.3, 0.4) is 0 Å². The fraction of sp³-hybridized carbons (Fsp3) is 0.250. The van der Waals surface area contributed by atoms with Crippen LogP contribution in [0.5, 0.6) is 5.75 Å². The highest BCUT2D eigenvalue weighted by molar-refractivity contribution is 9.13. The van der Waals surface area contributed by atoms with Gasteiger partial charge in [0.05, 0.1) is 7.11 Å². The first-order valence-corrected chi connectivity index (χ1v) is 8.10. The van der Waals surface area contributed by atoms with Crippen molar-refractivity contribution in [2.24, 2.45) is 0 Å². The average Bonchev–Trinajstić information content (AvgIpc) is 2.48. The number of hydrogen-bond donors (Lipinski definition) is 1. The molecule has 2 rings (SSSR count). The van der Waals surface area contributed by atoms with Gasteiger partial charge in [-0.25, -0.2) is 4.39 Å². The van der Waals surface area contributed by atoms with Gasteiger partial charge >= 0.3 is 0 Å². The first-order chi connectivity index (χ1) is 10.0. The van der Waals surface area contributed by atoms with E-state index in [4.69, 9.17) is 4.74 Å². The summed E-state index contributed by atoms with van der Waals surface area (Å²) < 4.78 is 20.7. The smallest absolute Gasteiger partial charge is 0.123 e. The molecule has 0 aliphatic heterocycles. The molecule has 0 aromatic heterocycles. The van der Waals surface area contributed by atoms with E-state index in [1.54, 1.807) is 13.2 Å². The first kappa shape index (κ1) is 16.5. The predicted molar refractivity (Wildman–Crippen MR) is 90.0 cm³/mol. The van der Waals surface area contributed by atoms with Crippen LogP contribution < -0.4 is 10.1 Å². The van der Waals surface area contributed by atoms with Crippen LogP contribution in [0.1, 0.15) is 24.1 Å². The zero-order valence-corrected chi connectivity index (χ0v) is 15.0. The Labute approximate surface area is 141 Å². The van der Waals surface area contributed by atoms with Gasteiger partial charge in [-0.05, 0) is 74.7 Å². The van der Waals surface area contributed by atoms with Crippen LogP contribution in [0.4, 0.5) is 4.39 Å². The molecular weight excluding hydrogens is 401 g/mol. The number of halogens is 3. The molecule has 0 aliphatic rings. The summed E-state index contributed by atoms with van der Waals surface area (Å²) >= 11 is 6.93. The van der Waals surface area contributed by atoms with Crippen LogP contribution in [0.25, 0.3) is 0 Å². The Kier molecular flexibility index (Phi) is 5.79. The Bertz CT molecular complexity index is 634. The molecule has 21 heavy (non-hydrogen) atoms.